The Labute approximate surface area is 169 Å². The summed E-state index contributed by atoms with van der Waals surface area (Å²) in [7, 11) is 0. The number of hydrogen-bond donors (Lipinski definition) is 1. The zero-order chi connectivity index (χ0) is 20.8. The van der Waals surface area contributed by atoms with Crippen LogP contribution in [0.2, 0.25) is 0 Å². The van der Waals surface area contributed by atoms with E-state index in [9.17, 15) is 14.4 Å². The quantitative estimate of drug-likeness (QED) is 0.248. The first-order valence-corrected chi connectivity index (χ1v) is 10.8. The zero-order valence-electron chi connectivity index (χ0n) is 17.4. The predicted octanol–water partition coefficient (Wildman–Crippen LogP) is 5.24. The van der Waals surface area contributed by atoms with Gasteiger partial charge in [-0.3, -0.25) is 9.59 Å². The van der Waals surface area contributed by atoms with Crippen molar-refractivity contribution in [3.63, 3.8) is 0 Å². The fraction of sp³-hybridized carbons (Fsp3) is 0.696. The number of rotatable bonds is 14. The van der Waals surface area contributed by atoms with Crippen LogP contribution in [0.15, 0.2) is 24.3 Å². The molecule has 1 rings (SSSR count). The lowest BCUT2D eigenvalue weighted by atomic mass is 9.91. The van der Waals surface area contributed by atoms with Crippen molar-refractivity contribution in [1.29, 1.82) is 0 Å². The molecule has 5 nitrogen and oxygen atoms in total. The van der Waals surface area contributed by atoms with E-state index in [0.717, 1.165) is 12.8 Å². The van der Waals surface area contributed by atoms with Gasteiger partial charge < -0.3 is 9.84 Å². The second-order valence-corrected chi connectivity index (χ2v) is 7.51. The van der Waals surface area contributed by atoms with Crippen molar-refractivity contribution in [3.8, 4) is 0 Å². The largest absolute Gasteiger partial charge is 0.479 e. The Morgan fingerprint density at radius 1 is 1.14 bits per heavy atom. The smallest absolute Gasteiger partial charge is 0.345 e. The molecule has 1 fully saturated rings. The Hall–Kier alpha value is -1.91. The number of allylic oxidation sites excluding steroid dienone is 4. The van der Waals surface area contributed by atoms with E-state index in [0.29, 0.717) is 31.0 Å². The van der Waals surface area contributed by atoms with Gasteiger partial charge in [0.15, 0.2) is 6.10 Å². The molecular formula is C23H36O5. The lowest BCUT2D eigenvalue weighted by molar-refractivity contribution is -0.164. The number of ether oxygens (including phenoxy) is 1. The minimum Gasteiger partial charge on any atom is -0.479 e. The lowest BCUT2D eigenvalue weighted by Crippen LogP contribution is -2.26. The number of carbonyl (C=O) groups is 3. The van der Waals surface area contributed by atoms with E-state index in [4.69, 9.17) is 9.84 Å². The number of Topliss-reactive ketones (excluding diaryl/α,β-unsaturated/α-hetero) is 1. The molecule has 0 aliphatic heterocycles. The molecule has 0 radical (unpaired) electrons. The molecule has 1 saturated carbocycles. The van der Waals surface area contributed by atoms with E-state index >= 15 is 0 Å². The van der Waals surface area contributed by atoms with Crippen LogP contribution < -0.4 is 0 Å². The lowest BCUT2D eigenvalue weighted by Gasteiger charge is -2.13. The van der Waals surface area contributed by atoms with Gasteiger partial charge in [0.1, 0.15) is 5.78 Å². The second-order valence-electron chi connectivity index (χ2n) is 7.51. The molecule has 1 aliphatic rings. The summed E-state index contributed by atoms with van der Waals surface area (Å²) >= 11 is 0. The van der Waals surface area contributed by atoms with Crippen molar-refractivity contribution < 1.29 is 24.2 Å². The van der Waals surface area contributed by atoms with Crippen LogP contribution in [0.4, 0.5) is 0 Å². The van der Waals surface area contributed by atoms with Crippen molar-refractivity contribution >= 4 is 17.7 Å². The fourth-order valence-electron chi connectivity index (χ4n) is 3.51. The highest BCUT2D eigenvalue weighted by atomic mass is 16.6. The maximum Gasteiger partial charge on any atom is 0.345 e. The van der Waals surface area contributed by atoms with Gasteiger partial charge >= 0.3 is 11.9 Å². The number of carboxylic acids is 1. The number of carbonyl (C=O) groups excluding carboxylic acids is 2. The third-order valence-corrected chi connectivity index (χ3v) is 5.25. The molecule has 1 aliphatic carbocycles. The third-order valence-electron chi connectivity index (χ3n) is 5.25. The number of carboxylic acid groups (broad SMARTS) is 1. The van der Waals surface area contributed by atoms with Crippen LogP contribution >= 0.6 is 0 Å². The molecule has 158 valence electrons. The molecule has 1 N–H and O–H groups in total. The van der Waals surface area contributed by atoms with E-state index in [-0.39, 0.29) is 18.8 Å². The van der Waals surface area contributed by atoms with Gasteiger partial charge in [-0.25, -0.2) is 4.79 Å². The van der Waals surface area contributed by atoms with Gasteiger partial charge in [-0.05, 0) is 44.4 Å². The number of hydrogen-bond acceptors (Lipinski definition) is 4. The standard InChI is InChI=1S/C23H36O5/c1-3-5-6-7-8-10-13-18-16-17-20(24)19(18)14-11-9-12-15-21(23(26)27)28-22(25)4-2/h9-11,13,18-19,21H,3-8,12,14-17H2,1-2H3,(H,26,27)/b11-9-,13-10+/t18-,19+,21?/m0/s1. The molecule has 0 heterocycles. The van der Waals surface area contributed by atoms with Crippen molar-refractivity contribution in [1.82, 2.24) is 0 Å². The number of esters is 1. The predicted molar refractivity (Wildman–Crippen MR) is 110 cm³/mol. The summed E-state index contributed by atoms with van der Waals surface area (Å²) in [5.74, 6) is -0.940. The SMILES string of the molecule is CCCCCC/C=C/[C@H]1CCC(=O)[C@@H]1C/C=C\CCC(OC(=O)CC)C(=O)O. The van der Waals surface area contributed by atoms with Gasteiger partial charge in [-0.15, -0.1) is 0 Å². The number of ketones is 1. The van der Waals surface area contributed by atoms with Crippen molar-refractivity contribution in [2.75, 3.05) is 0 Å². The highest BCUT2D eigenvalue weighted by Gasteiger charge is 2.31. The highest BCUT2D eigenvalue weighted by molar-refractivity contribution is 5.83. The summed E-state index contributed by atoms with van der Waals surface area (Å²) in [6, 6.07) is 0. The minimum absolute atomic E-state index is 0.0383. The highest BCUT2D eigenvalue weighted by Crippen LogP contribution is 2.33. The molecule has 0 amide bonds. The van der Waals surface area contributed by atoms with Crippen molar-refractivity contribution in [2.45, 2.75) is 90.6 Å². The van der Waals surface area contributed by atoms with Crippen LogP contribution in [0.5, 0.6) is 0 Å². The van der Waals surface area contributed by atoms with Gasteiger partial charge in [0.05, 0.1) is 0 Å². The van der Waals surface area contributed by atoms with Gasteiger partial charge in [0.25, 0.3) is 0 Å². The summed E-state index contributed by atoms with van der Waals surface area (Å²) in [6.45, 7) is 3.84. The molecule has 0 aromatic rings. The molecule has 28 heavy (non-hydrogen) atoms. The van der Waals surface area contributed by atoms with Crippen LogP contribution in [-0.2, 0) is 19.1 Å². The molecule has 1 unspecified atom stereocenters. The Balaban J connectivity index is 2.39. The first-order valence-electron chi connectivity index (χ1n) is 10.8. The first-order chi connectivity index (χ1) is 13.5. The molecule has 0 spiro atoms. The Morgan fingerprint density at radius 3 is 2.61 bits per heavy atom. The number of unbranched alkanes of at least 4 members (excludes halogenated alkanes) is 4. The molecule has 5 heteroatoms. The molecule has 0 saturated heterocycles. The van der Waals surface area contributed by atoms with Crippen LogP contribution in [0, 0.1) is 11.8 Å². The monoisotopic (exact) mass is 392 g/mol. The second kappa shape index (κ2) is 14.1. The fourth-order valence-corrected chi connectivity index (χ4v) is 3.51. The van der Waals surface area contributed by atoms with E-state index in [1.807, 2.05) is 12.2 Å². The molecule has 0 aromatic carbocycles. The molecule has 0 bridgehead atoms. The van der Waals surface area contributed by atoms with E-state index < -0.39 is 18.0 Å². The first kappa shape index (κ1) is 24.1. The van der Waals surface area contributed by atoms with Crippen LogP contribution in [0.1, 0.15) is 84.5 Å². The summed E-state index contributed by atoms with van der Waals surface area (Å²) in [4.78, 5) is 34.6. The van der Waals surface area contributed by atoms with Crippen LogP contribution in [0.3, 0.4) is 0 Å². The molecular weight excluding hydrogens is 356 g/mol. The Bertz CT molecular complexity index is 549. The maximum absolute atomic E-state index is 12.2. The van der Waals surface area contributed by atoms with E-state index in [2.05, 4.69) is 19.1 Å². The third kappa shape index (κ3) is 9.34. The van der Waals surface area contributed by atoms with E-state index in [1.54, 1.807) is 6.92 Å². The maximum atomic E-state index is 12.2. The summed E-state index contributed by atoms with van der Waals surface area (Å²) in [5, 5.41) is 9.11. The Morgan fingerprint density at radius 2 is 1.93 bits per heavy atom. The van der Waals surface area contributed by atoms with Crippen LogP contribution in [0.25, 0.3) is 0 Å². The molecule has 3 atom stereocenters. The van der Waals surface area contributed by atoms with Gasteiger partial charge in [0, 0.05) is 18.8 Å². The normalized spacial score (nSPS) is 20.9. The van der Waals surface area contributed by atoms with E-state index in [1.165, 1.54) is 25.7 Å². The number of aliphatic carboxylic acids is 1. The zero-order valence-corrected chi connectivity index (χ0v) is 17.4. The molecule has 0 aromatic heterocycles. The Kier molecular flexibility index (Phi) is 12.2. The summed E-state index contributed by atoms with van der Waals surface area (Å²) in [6.07, 6.45) is 16.5. The van der Waals surface area contributed by atoms with Gasteiger partial charge in [-0.1, -0.05) is 57.4 Å². The average molecular weight is 393 g/mol. The van der Waals surface area contributed by atoms with Crippen molar-refractivity contribution in [3.05, 3.63) is 24.3 Å². The van der Waals surface area contributed by atoms with Crippen molar-refractivity contribution in [2.24, 2.45) is 11.8 Å². The van der Waals surface area contributed by atoms with Gasteiger partial charge in [0.2, 0.25) is 0 Å². The van der Waals surface area contributed by atoms with Gasteiger partial charge in [-0.2, -0.15) is 0 Å². The van der Waals surface area contributed by atoms with Crippen LogP contribution in [-0.4, -0.2) is 28.9 Å². The summed E-state index contributed by atoms with van der Waals surface area (Å²) < 4.78 is 4.92. The average Bonchev–Trinajstić information content (AvgIpc) is 3.02. The summed E-state index contributed by atoms with van der Waals surface area (Å²) in [5.41, 5.74) is 0. The minimum atomic E-state index is -1.12. The topological polar surface area (TPSA) is 80.7 Å².